The maximum Gasteiger partial charge on any atom is 0.0944 e. The van der Waals surface area contributed by atoms with Gasteiger partial charge in [-0.2, -0.15) is 0 Å². The Labute approximate surface area is 73.4 Å². The fourth-order valence-corrected chi connectivity index (χ4v) is 1.35. The predicted octanol–water partition coefficient (Wildman–Crippen LogP) is -0.0190. The van der Waals surface area contributed by atoms with Gasteiger partial charge in [-0.1, -0.05) is 5.92 Å². The second-order valence-corrected chi connectivity index (χ2v) is 3.05. The van der Waals surface area contributed by atoms with Gasteiger partial charge in [0, 0.05) is 19.1 Å². The first kappa shape index (κ1) is 9.24. The van der Waals surface area contributed by atoms with E-state index in [1.807, 2.05) is 0 Å². The minimum atomic E-state index is 0.327. The number of hydrogen-bond donors (Lipinski definition) is 3. The van der Waals surface area contributed by atoms with E-state index in [0.717, 1.165) is 13.1 Å². The summed E-state index contributed by atoms with van der Waals surface area (Å²) in [4.78, 5) is 0. The summed E-state index contributed by atoms with van der Waals surface area (Å²) in [7, 11) is 0. The molecule has 0 radical (unpaired) electrons. The van der Waals surface area contributed by atoms with Gasteiger partial charge in [-0.05, 0) is 19.4 Å². The van der Waals surface area contributed by atoms with Crippen LogP contribution in [-0.4, -0.2) is 31.4 Å². The van der Waals surface area contributed by atoms with Crippen LogP contribution >= 0.6 is 0 Å². The van der Waals surface area contributed by atoms with E-state index in [0.29, 0.717) is 18.3 Å². The first-order valence-electron chi connectivity index (χ1n) is 4.31. The molecule has 3 heteroatoms. The van der Waals surface area contributed by atoms with Crippen LogP contribution in [0.3, 0.4) is 0 Å². The molecule has 0 aromatic rings. The van der Waals surface area contributed by atoms with E-state index in [1.54, 1.807) is 0 Å². The van der Waals surface area contributed by atoms with Crippen molar-refractivity contribution in [2.24, 2.45) is 0 Å². The fraction of sp³-hybridized carbons (Fsp3) is 0.667. The van der Waals surface area contributed by atoms with Gasteiger partial charge in [0.05, 0.1) is 5.71 Å². The molecule has 0 aromatic heterocycles. The summed E-state index contributed by atoms with van der Waals surface area (Å²) in [5.41, 5.74) is 0.327. The van der Waals surface area contributed by atoms with Crippen LogP contribution in [0.2, 0.25) is 0 Å². The fourth-order valence-electron chi connectivity index (χ4n) is 1.35. The zero-order valence-electron chi connectivity index (χ0n) is 7.19. The van der Waals surface area contributed by atoms with E-state index >= 15 is 0 Å². The summed E-state index contributed by atoms with van der Waals surface area (Å²) in [5, 5.41) is 13.7. The van der Waals surface area contributed by atoms with Crippen molar-refractivity contribution in [3.63, 3.8) is 0 Å². The van der Waals surface area contributed by atoms with Crippen molar-refractivity contribution in [3.8, 4) is 12.3 Å². The molecule has 1 rings (SSSR count). The van der Waals surface area contributed by atoms with Crippen molar-refractivity contribution < 1.29 is 0 Å². The Hall–Kier alpha value is -0.850. The number of terminal acetylenes is 1. The van der Waals surface area contributed by atoms with Crippen molar-refractivity contribution in [2.75, 3.05) is 19.6 Å². The smallest absolute Gasteiger partial charge is 0.0944 e. The molecule has 1 atom stereocenters. The third-order valence-electron chi connectivity index (χ3n) is 2.03. The Bertz CT molecular complexity index is 186. The lowest BCUT2D eigenvalue weighted by molar-refractivity contribution is 0.558. The van der Waals surface area contributed by atoms with Gasteiger partial charge in [0.25, 0.3) is 0 Å². The third kappa shape index (κ3) is 3.04. The van der Waals surface area contributed by atoms with E-state index in [-0.39, 0.29) is 0 Å². The molecule has 1 unspecified atom stereocenters. The molecule has 1 heterocycles. The van der Waals surface area contributed by atoms with Gasteiger partial charge in [0.2, 0.25) is 0 Å². The Balaban J connectivity index is 2.02. The Morgan fingerprint density at radius 1 is 1.75 bits per heavy atom. The molecule has 1 saturated heterocycles. The van der Waals surface area contributed by atoms with Gasteiger partial charge in [-0.3, -0.25) is 5.41 Å². The van der Waals surface area contributed by atoms with Crippen LogP contribution in [0.25, 0.3) is 0 Å². The molecule has 0 amide bonds. The van der Waals surface area contributed by atoms with Crippen molar-refractivity contribution in [1.29, 1.82) is 5.41 Å². The van der Waals surface area contributed by atoms with Crippen LogP contribution in [0.4, 0.5) is 0 Å². The molecule has 1 fully saturated rings. The van der Waals surface area contributed by atoms with Gasteiger partial charge in [0.15, 0.2) is 0 Å². The van der Waals surface area contributed by atoms with Crippen molar-refractivity contribution in [3.05, 3.63) is 0 Å². The number of hydrogen-bond acceptors (Lipinski definition) is 3. The van der Waals surface area contributed by atoms with Crippen molar-refractivity contribution in [1.82, 2.24) is 10.6 Å². The SMILES string of the molecule is C#CC(=N)CNCC1CCCN1. The molecule has 1 aliphatic heterocycles. The normalized spacial score (nSPS) is 22.1. The topological polar surface area (TPSA) is 47.9 Å². The number of rotatable bonds is 4. The molecule has 1 aliphatic rings. The van der Waals surface area contributed by atoms with Crippen molar-refractivity contribution in [2.45, 2.75) is 18.9 Å². The summed E-state index contributed by atoms with van der Waals surface area (Å²) < 4.78 is 0. The lowest BCUT2D eigenvalue weighted by Crippen LogP contribution is -2.35. The molecule has 3 nitrogen and oxygen atoms in total. The molecule has 0 bridgehead atoms. The maximum atomic E-state index is 7.19. The van der Waals surface area contributed by atoms with Crippen molar-refractivity contribution >= 4 is 5.71 Å². The molecular weight excluding hydrogens is 150 g/mol. The van der Waals surface area contributed by atoms with Crippen LogP contribution in [-0.2, 0) is 0 Å². The quantitative estimate of drug-likeness (QED) is 0.405. The zero-order valence-corrected chi connectivity index (χ0v) is 7.19. The highest BCUT2D eigenvalue weighted by Crippen LogP contribution is 2.02. The average Bonchev–Trinajstić information content (AvgIpc) is 2.57. The number of nitrogens with one attached hydrogen (secondary N) is 3. The minimum Gasteiger partial charge on any atom is -0.313 e. The summed E-state index contributed by atoms with van der Waals surface area (Å²) in [5.74, 6) is 2.29. The van der Waals surface area contributed by atoms with Crippen LogP contribution in [0.1, 0.15) is 12.8 Å². The van der Waals surface area contributed by atoms with Gasteiger partial charge < -0.3 is 10.6 Å². The monoisotopic (exact) mass is 165 g/mol. The van der Waals surface area contributed by atoms with Crippen LogP contribution < -0.4 is 10.6 Å². The van der Waals surface area contributed by atoms with Gasteiger partial charge in [-0.15, -0.1) is 6.42 Å². The van der Waals surface area contributed by atoms with Gasteiger partial charge in [0.1, 0.15) is 0 Å². The molecule has 0 aromatic carbocycles. The minimum absolute atomic E-state index is 0.327. The maximum absolute atomic E-state index is 7.19. The third-order valence-corrected chi connectivity index (χ3v) is 2.03. The van der Waals surface area contributed by atoms with Gasteiger partial charge >= 0.3 is 0 Å². The van der Waals surface area contributed by atoms with E-state index in [1.165, 1.54) is 12.8 Å². The predicted molar refractivity (Wildman–Crippen MR) is 50.5 cm³/mol. The summed E-state index contributed by atoms with van der Waals surface area (Å²) in [6.07, 6.45) is 7.53. The van der Waals surface area contributed by atoms with E-state index in [9.17, 15) is 0 Å². The largest absolute Gasteiger partial charge is 0.313 e. The lowest BCUT2D eigenvalue weighted by Gasteiger charge is -2.09. The van der Waals surface area contributed by atoms with Crippen LogP contribution in [0, 0.1) is 17.8 Å². The van der Waals surface area contributed by atoms with Crippen LogP contribution in [0.5, 0.6) is 0 Å². The Morgan fingerprint density at radius 3 is 3.17 bits per heavy atom. The molecule has 0 saturated carbocycles. The first-order valence-corrected chi connectivity index (χ1v) is 4.31. The molecule has 0 aliphatic carbocycles. The zero-order chi connectivity index (χ0) is 8.81. The standard InChI is InChI=1S/C9H15N3/c1-2-8(10)6-11-7-9-4-3-5-12-9/h1,9-12H,3-7H2. The Morgan fingerprint density at radius 2 is 2.58 bits per heavy atom. The highest BCUT2D eigenvalue weighted by molar-refractivity contribution is 5.98. The summed E-state index contributed by atoms with van der Waals surface area (Å²) in [6, 6.07) is 0.579. The first-order chi connectivity index (χ1) is 5.83. The van der Waals surface area contributed by atoms with Crippen LogP contribution in [0.15, 0.2) is 0 Å². The average molecular weight is 165 g/mol. The highest BCUT2D eigenvalue weighted by atomic mass is 15.0. The molecule has 66 valence electrons. The van der Waals surface area contributed by atoms with Gasteiger partial charge in [-0.25, -0.2) is 0 Å². The molecule has 0 spiro atoms. The highest BCUT2D eigenvalue weighted by Gasteiger charge is 2.12. The van der Waals surface area contributed by atoms with E-state index in [2.05, 4.69) is 16.6 Å². The van der Waals surface area contributed by atoms with E-state index < -0.39 is 0 Å². The molecule has 12 heavy (non-hydrogen) atoms. The Kier molecular flexibility index (Phi) is 3.78. The second kappa shape index (κ2) is 4.91. The summed E-state index contributed by atoms with van der Waals surface area (Å²) in [6.45, 7) is 2.57. The summed E-state index contributed by atoms with van der Waals surface area (Å²) >= 11 is 0. The molecular formula is C9H15N3. The van der Waals surface area contributed by atoms with E-state index in [4.69, 9.17) is 11.8 Å². The second-order valence-electron chi connectivity index (χ2n) is 3.05. The molecule has 3 N–H and O–H groups in total. The lowest BCUT2D eigenvalue weighted by atomic mass is 10.2.